The predicted octanol–water partition coefficient (Wildman–Crippen LogP) is 0.724. The van der Waals surface area contributed by atoms with Gasteiger partial charge in [0.2, 0.25) is 5.91 Å². The van der Waals surface area contributed by atoms with Gasteiger partial charge in [0.25, 0.3) is 0 Å². The van der Waals surface area contributed by atoms with Crippen LogP contribution in [0.25, 0.3) is 0 Å². The molecule has 0 bridgehead atoms. The van der Waals surface area contributed by atoms with Crippen molar-refractivity contribution in [3.05, 3.63) is 0 Å². The molecule has 0 unspecified atom stereocenters. The normalized spacial score (nSPS) is 22.9. The summed E-state index contributed by atoms with van der Waals surface area (Å²) in [5.74, 6) is -0.209. The minimum absolute atomic E-state index is 0.209. The third-order valence-corrected chi connectivity index (χ3v) is 3.14. The minimum atomic E-state index is -0.388. The molecule has 1 rings (SSSR count). The van der Waals surface area contributed by atoms with Crippen LogP contribution in [0.3, 0.4) is 0 Å². The van der Waals surface area contributed by atoms with Crippen molar-refractivity contribution in [2.45, 2.75) is 31.2 Å². The van der Waals surface area contributed by atoms with Gasteiger partial charge in [0.1, 0.15) is 5.54 Å². The van der Waals surface area contributed by atoms with E-state index in [0.717, 1.165) is 25.7 Å². The predicted molar refractivity (Wildman–Crippen MR) is 47.5 cm³/mol. The number of carbonyl (C=O) groups excluding carboxylic acids is 1. The van der Waals surface area contributed by atoms with Crippen LogP contribution in [0.4, 0.5) is 0 Å². The Morgan fingerprint density at radius 1 is 1.50 bits per heavy atom. The summed E-state index contributed by atoms with van der Waals surface area (Å²) in [5.41, 5.74) is 4.85. The first-order valence-corrected chi connectivity index (χ1v) is 4.47. The van der Waals surface area contributed by atoms with Crippen LogP contribution in [0.2, 0.25) is 0 Å². The van der Waals surface area contributed by atoms with Crippen molar-refractivity contribution in [3.8, 4) is 0 Å². The van der Waals surface area contributed by atoms with Crippen molar-refractivity contribution >= 4 is 28.8 Å². The summed E-state index contributed by atoms with van der Waals surface area (Å²) in [6.45, 7) is 0. The highest BCUT2D eigenvalue weighted by molar-refractivity contribution is 14.1. The van der Waals surface area contributed by atoms with Crippen molar-refractivity contribution in [3.63, 3.8) is 0 Å². The van der Waals surface area contributed by atoms with E-state index in [1.165, 1.54) is 0 Å². The molecule has 1 saturated carbocycles. The Morgan fingerprint density at radius 3 is 2.20 bits per heavy atom. The van der Waals surface area contributed by atoms with Crippen LogP contribution in [0.1, 0.15) is 25.7 Å². The van der Waals surface area contributed by atoms with Crippen molar-refractivity contribution in [1.82, 2.24) is 3.53 Å². The van der Waals surface area contributed by atoms with Crippen LogP contribution in [0, 0.1) is 0 Å². The standard InChI is InChI=1S/C6H11IN2O/c7-9-6(5(8)10)3-1-2-4-6/h9H,1-4H2,(H2,8,10). The van der Waals surface area contributed by atoms with Crippen molar-refractivity contribution < 1.29 is 4.79 Å². The molecule has 0 aromatic heterocycles. The number of nitrogens with one attached hydrogen (secondary N) is 1. The molecule has 4 heteroatoms. The Hall–Kier alpha value is 0.160. The highest BCUT2D eigenvalue weighted by Crippen LogP contribution is 2.29. The molecule has 0 heterocycles. The molecule has 1 aliphatic rings. The largest absolute Gasteiger partial charge is 0.368 e. The van der Waals surface area contributed by atoms with E-state index in [4.69, 9.17) is 5.73 Å². The van der Waals surface area contributed by atoms with Crippen LogP contribution in [-0.2, 0) is 4.79 Å². The van der Waals surface area contributed by atoms with Gasteiger partial charge in [-0.25, -0.2) is 3.53 Å². The number of hydrogen-bond donors (Lipinski definition) is 2. The zero-order valence-corrected chi connectivity index (χ0v) is 7.85. The molecule has 0 atom stereocenters. The number of rotatable bonds is 2. The van der Waals surface area contributed by atoms with E-state index in [1.54, 1.807) is 0 Å². The average molecular weight is 254 g/mol. The second-order valence-corrected chi connectivity index (χ2v) is 3.29. The molecule has 3 nitrogen and oxygen atoms in total. The quantitative estimate of drug-likeness (QED) is 0.563. The fraction of sp³-hybridized carbons (Fsp3) is 0.833. The summed E-state index contributed by atoms with van der Waals surface area (Å²) in [6.07, 6.45) is 4.01. The molecule has 0 aromatic rings. The molecule has 3 N–H and O–H groups in total. The van der Waals surface area contributed by atoms with E-state index < -0.39 is 0 Å². The van der Waals surface area contributed by atoms with Gasteiger partial charge in [0.15, 0.2) is 0 Å². The van der Waals surface area contributed by atoms with Crippen LogP contribution >= 0.6 is 22.9 Å². The van der Waals surface area contributed by atoms with Crippen molar-refractivity contribution in [2.75, 3.05) is 0 Å². The Labute approximate surface area is 74.2 Å². The highest BCUT2D eigenvalue weighted by atomic mass is 127. The zero-order chi connectivity index (χ0) is 7.61. The van der Waals surface area contributed by atoms with Gasteiger partial charge in [-0.2, -0.15) is 0 Å². The summed E-state index contributed by atoms with van der Waals surface area (Å²) < 4.78 is 2.97. The number of carbonyl (C=O) groups is 1. The first-order valence-electron chi connectivity index (χ1n) is 3.39. The molecule has 58 valence electrons. The molecule has 0 aromatic carbocycles. The Balaban J connectivity index is 2.67. The smallest absolute Gasteiger partial charge is 0.238 e. The summed E-state index contributed by atoms with van der Waals surface area (Å²) in [4.78, 5) is 10.9. The first kappa shape index (κ1) is 8.26. The van der Waals surface area contributed by atoms with Crippen LogP contribution in [-0.4, -0.2) is 11.4 Å². The molecule has 1 fully saturated rings. The molecule has 0 radical (unpaired) electrons. The number of hydrogen-bond acceptors (Lipinski definition) is 2. The Bertz CT molecular complexity index is 143. The fourth-order valence-electron chi connectivity index (χ4n) is 1.37. The molecule has 0 saturated heterocycles. The highest BCUT2D eigenvalue weighted by Gasteiger charge is 2.38. The van der Waals surface area contributed by atoms with E-state index in [2.05, 4.69) is 3.53 Å². The number of halogens is 1. The SMILES string of the molecule is NC(=O)C1(NI)CCCC1. The summed E-state index contributed by atoms with van der Waals surface area (Å²) in [6, 6.07) is 0. The van der Waals surface area contributed by atoms with E-state index in [9.17, 15) is 4.79 Å². The molecule has 0 aliphatic heterocycles. The number of primary amides is 1. The molecular formula is C6H11IN2O. The molecule has 1 amide bonds. The average Bonchev–Trinajstić information content (AvgIpc) is 2.35. The van der Waals surface area contributed by atoms with Gasteiger partial charge in [-0.1, -0.05) is 12.8 Å². The second kappa shape index (κ2) is 3.04. The lowest BCUT2D eigenvalue weighted by atomic mass is 9.99. The van der Waals surface area contributed by atoms with Gasteiger partial charge in [-0.3, -0.25) is 4.79 Å². The third-order valence-electron chi connectivity index (χ3n) is 2.11. The maximum atomic E-state index is 10.9. The van der Waals surface area contributed by atoms with Crippen molar-refractivity contribution in [1.29, 1.82) is 0 Å². The number of amides is 1. The van der Waals surface area contributed by atoms with Crippen LogP contribution < -0.4 is 9.26 Å². The van der Waals surface area contributed by atoms with Gasteiger partial charge in [0.05, 0.1) is 0 Å². The zero-order valence-electron chi connectivity index (χ0n) is 5.69. The third kappa shape index (κ3) is 1.27. The maximum absolute atomic E-state index is 10.9. The molecule has 1 aliphatic carbocycles. The lowest BCUT2D eigenvalue weighted by molar-refractivity contribution is -0.123. The fourth-order valence-corrected chi connectivity index (χ4v) is 2.17. The second-order valence-electron chi connectivity index (χ2n) is 2.75. The first-order chi connectivity index (χ1) is 4.71. The van der Waals surface area contributed by atoms with Gasteiger partial charge in [-0.15, -0.1) is 0 Å². The summed E-state index contributed by atoms with van der Waals surface area (Å²) >= 11 is 2.01. The monoisotopic (exact) mass is 254 g/mol. The maximum Gasteiger partial charge on any atom is 0.238 e. The molecular weight excluding hydrogens is 243 g/mol. The van der Waals surface area contributed by atoms with Crippen molar-refractivity contribution in [2.24, 2.45) is 5.73 Å². The Morgan fingerprint density at radius 2 is 2.00 bits per heavy atom. The van der Waals surface area contributed by atoms with Crippen LogP contribution in [0.15, 0.2) is 0 Å². The topological polar surface area (TPSA) is 55.1 Å². The summed E-state index contributed by atoms with van der Waals surface area (Å²) in [7, 11) is 0. The lowest BCUT2D eigenvalue weighted by Gasteiger charge is -2.22. The molecule has 0 spiro atoms. The van der Waals surface area contributed by atoms with Gasteiger partial charge in [-0.05, 0) is 12.8 Å². The van der Waals surface area contributed by atoms with E-state index in [1.807, 2.05) is 22.9 Å². The van der Waals surface area contributed by atoms with Gasteiger partial charge < -0.3 is 5.73 Å². The summed E-state index contributed by atoms with van der Waals surface area (Å²) in [5, 5.41) is 0. The Kier molecular flexibility index (Phi) is 2.51. The van der Waals surface area contributed by atoms with E-state index in [0.29, 0.717) is 0 Å². The lowest BCUT2D eigenvalue weighted by Crippen LogP contribution is -2.49. The number of nitrogens with two attached hydrogens (primary N) is 1. The van der Waals surface area contributed by atoms with Crippen LogP contribution in [0.5, 0.6) is 0 Å². The van der Waals surface area contributed by atoms with E-state index in [-0.39, 0.29) is 11.4 Å². The van der Waals surface area contributed by atoms with Gasteiger partial charge >= 0.3 is 0 Å². The minimum Gasteiger partial charge on any atom is -0.368 e. The van der Waals surface area contributed by atoms with Gasteiger partial charge in [0, 0.05) is 22.9 Å². The molecule has 10 heavy (non-hydrogen) atoms. The van der Waals surface area contributed by atoms with E-state index >= 15 is 0 Å².